The van der Waals surface area contributed by atoms with Crippen LogP contribution in [-0.2, 0) is 6.18 Å². The molecule has 0 fully saturated rings. The number of nitrogens with one attached hydrogen (secondary N) is 2. The van der Waals surface area contributed by atoms with Crippen LogP contribution in [0.1, 0.15) is 26.3 Å². The average Bonchev–Trinajstić information content (AvgIpc) is 2.13. The fourth-order valence-electron chi connectivity index (χ4n) is 1.27. The summed E-state index contributed by atoms with van der Waals surface area (Å²) in [5, 5.41) is 5.53. The van der Waals surface area contributed by atoms with Gasteiger partial charge in [0, 0.05) is 12.6 Å². The molecule has 1 aromatic heterocycles. The Morgan fingerprint density at radius 3 is 2.00 bits per heavy atom. The highest BCUT2D eigenvalue weighted by Gasteiger charge is 2.31. The van der Waals surface area contributed by atoms with Crippen molar-refractivity contribution in [1.82, 2.24) is 4.98 Å². The molecule has 17 heavy (non-hydrogen) atoms. The molecule has 0 radical (unpaired) electrons. The molecule has 0 aliphatic carbocycles. The van der Waals surface area contributed by atoms with Crippen LogP contribution in [-0.4, -0.2) is 17.6 Å². The van der Waals surface area contributed by atoms with Gasteiger partial charge < -0.3 is 10.6 Å². The molecule has 1 rings (SSSR count). The second-order valence-electron chi connectivity index (χ2n) is 4.75. The lowest BCUT2D eigenvalue weighted by Gasteiger charge is -2.22. The van der Waals surface area contributed by atoms with Crippen LogP contribution in [0.4, 0.5) is 24.8 Å². The Hall–Kier alpha value is -1.46. The first-order valence-electron chi connectivity index (χ1n) is 5.17. The van der Waals surface area contributed by atoms with Crippen molar-refractivity contribution in [2.45, 2.75) is 32.5 Å². The molecular formula is C11H16F3N3. The molecule has 96 valence electrons. The first-order chi connectivity index (χ1) is 7.62. The van der Waals surface area contributed by atoms with Crippen LogP contribution in [0.3, 0.4) is 0 Å². The van der Waals surface area contributed by atoms with Crippen molar-refractivity contribution in [1.29, 1.82) is 0 Å². The maximum Gasteiger partial charge on any atom is 0.416 e. The van der Waals surface area contributed by atoms with Crippen LogP contribution >= 0.6 is 0 Å². The number of rotatable bonds is 2. The third-order valence-corrected chi connectivity index (χ3v) is 1.91. The third-order valence-electron chi connectivity index (χ3n) is 1.91. The highest BCUT2D eigenvalue weighted by Crippen LogP contribution is 2.32. The predicted octanol–water partition coefficient (Wildman–Crippen LogP) is 3.35. The van der Waals surface area contributed by atoms with Gasteiger partial charge in [0.05, 0.1) is 5.56 Å². The van der Waals surface area contributed by atoms with Gasteiger partial charge in [-0.3, -0.25) is 0 Å². The van der Waals surface area contributed by atoms with Gasteiger partial charge in [-0.2, -0.15) is 13.2 Å². The second-order valence-corrected chi connectivity index (χ2v) is 4.75. The Morgan fingerprint density at radius 2 is 1.59 bits per heavy atom. The summed E-state index contributed by atoms with van der Waals surface area (Å²) in [6.07, 6.45) is -4.37. The zero-order valence-corrected chi connectivity index (χ0v) is 10.2. The Bertz CT molecular complexity index is 394. The van der Waals surface area contributed by atoms with Crippen molar-refractivity contribution in [3.63, 3.8) is 0 Å². The normalized spacial score (nSPS) is 12.4. The SMILES string of the molecule is CNc1cc(C(F)(F)F)cc(NC(C)(C)C)n1. The number of nitrogens with zero attached hydrogens (tertiary/aromatic N) is 1. The van der Waals surface area contributed by atoms with Crippen LogP contribution in [0.25, 0.3) is 0 Å². The number of aromatic nitrogens is 1. The Labute approximate surface area is 98.4 Å². The minimum Gasteiger partial charge on any atom is -0.373 e. The van der Waals surface area contributed by atoms with Crippen molar-refractivity contribution in [2.24, 2.45) is 0 Å². The number of halogens is 3. The molecule has 2 N–H and O–H groups in total. The fourth-order valence-corrected chi connectivity index (χ4v) is 1.27. The van der Waals surface area contributed by atoms with Crippen LogP contribution in [0, 0.1) is 0 Å². The fraction of sp³-hybridized carbons (Fsp3) is 0.545. The lowest BCUT2D eigenvalue weighted by molar-refractivity contribution is -0.137. The van der Waals surface area contributed by atoms with E-state index in [9.17, 15) is 13.2 Å². The standard InChI is InChI=1S/C11H16F3N3/c1-10(2,3)17-9-6-7(11(12,13)14)5-8(15-4)16-9/h5-6H,1-4H3,(H2,15,16,17). The Morgan fingerprint density at radius 1 is 1.06 bits per heavy atom. The average molecular weight is 247 g/mol. The van der Waals surface area contributed by atoms with Crippen molar-refractivity contribution in [3.8, 4) is 0 Å². The van der Waals surface area contributed by atoms with Gasteiger partial charge in [-0.15, -0.1) is 0 Å². The number of hydrogen-bond acceptors (Lipinski definition) is 3. The molecule has 6 heteroatoms. The van der Waals surface area contributed by atoms with Crippen LogP contribution in [0.5, 0.6) is 0 Å². The number of anilines is 2. The van der Waals surface area contributed by atoms with Crippen LogP contribution < -0.4 is 10.6 Å². The van der Waals surface area contributed by atoms with E-state index in [1.54, 1.807) is 0 Å². The molecule has 3 nitrogen and oxygen atoms in total. The third kappa shape index (κ3) is 4.13. The number of alkyl halides is 3. The molecule has 0 saturated carbocycles. The highest BCUT2D eigenvalue weighted by atomic mass is 19.4. The molecule has 0 aliphatic rings. The minimum absolute atomic E-state index is 0.187. The molecule has 0 aromatic carbocycles. The second kappa shape index (κ2) is 4.43. The Balaban J connectivity index is 3.15. The summed E-state index contributed by atoms with van der Waals surface area (Å²) in [4.78, 5) is 4.03. The summed E-state index contributed by atoms with van der Waals surface area (Å²) in [6.45, 7) is 5.57. The van der Waals surface area contributed by atoms with Gasteiger partial charge in [0.2, 0.25) is 0 Å². The summed E-state index contributed by atoms with van der Waals surface area (Å²) in [6, 6.07) is 1.99. The largest absolute Gasteiger partial charge is 0.416 e. The van der Waals surface area contributed by atoms with Gasteiger partial charge in [-0.05, 0) is 32.9 Å². The van der Waals surface area contributed by atoms with Gasteiger partial charge in [-0.25, -0.2) is 4.98 Å². The summed E-state index contributed by atoms with van der Waals surface area (Å²) >= 11 is 0. The van der Waals surface area contributed by atoms with Crippen LogP contribution in [0.15, 0.2) is 12.1 Å². The maximum absolute atomic E-state index is 12.6. The number of pyridine rings is 1. The smallest absolute Gasteiger partial charge is 0.373 e. The Kier molecular flexibility index (Phi) is 3.54. The van der Waals surface area contributed by atoms with Gasteiger partial charge in [0.25, 0.3) is 0 Å². The number of hydrogen-bond donors (Lipinski definition) is 2. The lowest BCUT2D eigenvalue weighted by atomic mass is 10.1. The molecule has 0 unspecified atom stereocenters. The van der Waals surface area contributed by atoms with Gasteiger partial charge in [-0.1, -0.05) is 0 Å². The molecule has 0 amide bonds. The van der Waals surface area contributed by atoms with E-state index in [-0.39, 0.29) is 17.2 Å². The summed E-state index contributed by atoms with van der Waals surface area (Å²) in [5.74, 6) is 0.392. The van der Waals surface area contributed by atoms with E-state index in [4.69, 9.17) is 0 Å². The van der Waals surface area contributed by atoms with E-state index in [1.165, 1.54) is 7.05 Å². The molecule has 0 aliphatic heterocycles. The summed E-state index contributed by atoms with van der Waals surface area (Å²) < 4.78 is 37.9. The zero-order valence-electron chi connectivity index (χ0n) is 10.2. The molecule has 0 atom stereocenters. The van der Waals surface area contributed by atoms with E-state index in [0.717, 1.165) is 12.1 Å². The quantitative estimate of drug-likeness (QED) is 0.841. The van der Waals surface area contributed by atoms with Crippen molar-refractivity contribution >= 4 is 11.6 Å². The van der Waals surface area contributed by atoms with Crippen LogP contribution in [0.2, 0.25) is 0 Å². The van der Waals surface area contributed by atoms with Crippen molar-refractivity contribution < 1.29 is 13.2 Å². The van der Waals surface area contributed by atoms with E-state index in [2.05, 4.69) is 15.6 Å². The first kappa shape index (κ1) is 13.6. The predicted molar refractivity (Wildman–Crippen MR) is 62.2 cm³/mol. The first-order valence-corrected chi connectivity index (χ1v) is 5.17. The highest BCUT2D eigenvalue weighted by molar-refractivity contribution is 5.50. The van der Waals surface area contributed by atoms with E-state index >= 15 is 0 Å². The zero-order chi connectivity index (χ0) is 13.3. The van der Waals surface area contributed by atoms with Gasteiger partial charge in [0.15, 0.2) is 0 Å². The molecule has 1 aromatic rings. The minimum atomic E-state index is -4.37. The topological polar surface area (TPSA) is 37.0 Å². The van der Waals surface area contributed by atoms with Gasteiger partial charge >= 0.3 is 6.18 Å². The van der Waals surface area contributed by atoms with Crippen molar-refractivity contribution in [3.05, 3.63) is 17.7 Å². The molecule has 0 bridgehead atoms. The van der Waals surface area contributed by atoms with Crippen molar-refractivity contribution in [2.75, 3.05) is 17.7 Å². The van der Waals surface area contributed by atoms with Gasteiger partial charge in [0.1, 0.15) is 11.6 Å². The summed E-state index contributed by atoms with van der Waals surface area (Å²) in [5.41, 5.74) is -1.06. The van der Waals surface area contributed by atoms with E-state index in [0.29, 0.717) is 0 Å². The molecular weight excluding hydrogens is 231 g/mol. The monoisotopic (exact) mass is 247 g/mol. The van der Waals surface area contributed by atoms with E-state index in [1.807, 2.05) is 20.8 Å². The lowest BCUT2D eigenvalue weighted by Crippen LogP contribution is -2.27. The van der Waals surface area contributed by atoms with E-state index < -0.39 is 11.7 Å². The summed E-state index contributed by atoms with van der Waals surface area (Å²) in [7, 11) is 1.53. The maximum atomic E-state index is 12.6. The molecule has 1 heterocycles. The molecule has 0 spiro atoms. The molecule has 0 saturated heterocycles.